The van der Waals surface area contributed by atoms with Gasteiger partial charge in [-0.15, -0.1) is 0 Å². The zero-order valence-corrected chi connectivity index (χ0v) is 23.6. The van der Waals surface area contributed by atoms with Gasteiger partial charge < -0.3 is 14.8 Å². The minimum atomic E-state index is -5.30. The largest absolute Gasteiger partial charge is 0.461 e. The molecule has 0 spiro atoms. The third kappa shape index (κ3) is 6.51. The van der Waals surface area contributed by atoms with E-state index in [2.05, 4.69) is 15.0 Å². The predicted molar refractivity (Wildman–Crippen MR) is 148 cm³/mol. The summed E-state index contributed by atoms with van der Waals surface area (Å²) in [6.45, 7) is 0. The fourth-order valence-corrected chi connectivity index (χ4v) is 4.89. The molecule has 4 aromatic rings. The van der Waals surface area contributed by atoms with Crippen molar-refractivity contribution in [3.8, 4) is 5.75 Å². The summed E-state index contributed by atoms with van der Waals surface area (Å²) in [5.41, 5.74) is -5.84. The summed E-state index contributed by atoms with van der Waals surface area (Å²) in [6.07, 6.45) is -13.5. The van der Waals surface area contributed by atoms with Crippen LogP contribution in [0.2, 0.25) is 5.02 Å². The Morgan fingerprint density at radius 2 is 1.48 bits per heavy atom. The van der Waals surface area contributed by atoms with Crippen LogP contribution in [0.15, 0.2) is 103 Å². The molecule has 0 fully saturated rings. The van der Waals surface area contributed by atoms with Crippen LogP contribution in [0.4, 0.5) is 30.7 Å². The smallest absolute Gasteiger partial charge is 0.428 e. The van der Waals surface area contributed by atoms with Gasteiger partial charge in [-0.2, -0.15) is 30.7 Å². The molecule has 0 radical (unpaired) electrons. The van der Waals surface area contributed by atoms with Crippen LogP contribution in [-0.2, 0) is 27.1 Å². The van der Waals surface area contributed by atoms with Crippen LogP contribution in [0.25, 0.3) is 0 Å². The molecule has 0 saturated heterocycles. The van der Waals surface area contributed by atoms with Crippen molar-refractivity contribution in [2.45, 2.75) is 36.3 Å². The van der Waals surface area contributed by atoms with Gasteiger partial charge in [0.2, 0.25) is 0 Å². The molecule has 1 N–H and O–H groups in total. The molecule has 0 aliphatic carbocycles. The summed E-state index contributed by atoms with van der Waals surface area (Å²) >= 11 is 6.04. The van der Waals surface area contributed by atoms with E-state index < -0.39 is 47.1 Å². The van der Waals surface area contributed by atoms with Crippen molar-refractivity contribution >= 4 is 17.5 Å². The number of ether oxygens (including phenoxy) is 2. The number of amides is 1. The number of aromatic nitrogens is 1. The molecule has 0 aliphatic heterocycles. The summed E-state index contributed by atoms with van der Waals surface area (Å²) in [7, 11) is 0.723. The number of hydrogen-bond donors (Lipinski definition) is 1. The predicted octanol–water partition coefficient (Wildman–Crippen LogP) is 7.68. The van der Waals surface area contributed by atoms with Crippen LogP contribution in [0.5, 0.6) is 5.75 Å². The number of carbonyl (C=O) groups is 1. The molecule has 0 bridgehead atoms. The van der Waals surface area contributed by atoms with Crippen molar-refractivity contribution in [1.29, 1.82) is 0 Å². The second-order valence-electron chi connectivity index (χ2n) is 9.62. The maximum Gasteiger partial charge on any atom is 0.461 e. The zero-order valence-electron chi connectivity index (χ0n) is 22.8. The monoisotopic (exact) mass is 640 g/mol. The van der Waals surface area contributed by atoms with E-state index in [1.807, 2.05) is 0 Å². The number of nitrogens with zero attached hydrogens (tertiary/aromatic N) is 1. The van der Waals surface area contributed by atoms with Gasteiger partial charge in [-0.05, 0) is 35.4 Å². The first-order chi connectivity index (χ1) is 20.7. The molecule has 4 rings (SSSR count). The van der Waals surface area contributed by atoms with Crippen LogP contribution >= 0.6 is 11.6 Å². The molecular weight excluding hydrogens is 617 g/mol. The summed E-state index contributed by atoms with van der Waals surface area (Å²) in [4.78, 5) is 18.4. The molecule has 232 valence electrons. The Morgan fingerprint density at radius 1 is 0.864 bits per heavy atom. The Kier molecular flexibility index (Phi) is 9.55. The third-order valence-electron chi connectivity index (χ3n) is 6.84. The Balaban J connectivity index is 1.99. The normalized spacial score (nSPS) is 14.9. The number of nitrogens with one attached hydrogen (secondary N) is 1. The highest BCUT2D eigenvalue weighted by atomic mass is 35.5. The number of carbonyl (C=O) groups excluding carboxylic acids is 1. The Hall–Kier alpha value is -4.16. The standard InChI is InChI=1S/C31H24ClF7N2O3/c1-43-29(31(37,38)39,21-11-6-3-7-12-21)27(42)41-28(18-20-9-4-2-5-10-20,25-16-15-23(32)19-40-25)22-13-8-14-24(17-22)44-30(35,36)26(33)34/h2-17,19,26H,18H2,1H3,(H,41,42)/t28-,29-/m1/s1. The molecule has 2 atom stereocenters. The average Bonchev–Trinajstić information content (AvgIpc) is 2.98. The lowest BCUT2D eigenvalue weighted by Gasteiger charge is -2.40. The first kappa shape index (κ1) is 32.7. The highest BCUT2D eigenvalue weighted by Gasteiger charge is 2.64. The van der Waals surface area contributed by atoms with E-state index in [9.17, 15) is 35.5 Å². The molecule has 5 nitrogen and oxygen atoms in total. The Labute approximate surface area is 252 Å². The quantitative estimate of drug-likeness (QED) is 0.171. The zero-order chi connectivity index (χ0) is 32.2. The summed E-state index contributed by atoms with van der Waals surface area (Å²) in [6, 6.07) is 21.4. The van der Waals surface area contributed by atoms with E-state index in [1.165, 1.54) is 48.7 Å². The van der Waals surface area contributed by atoms with Crippen LogP contribution in [-0.4, -0.2) is 36.7 Å². The van der Waals surface area contributed by atoms with Crippen molar-refractivity contribution < 1.29 is 45.0 Å². The van der Waals surface area contributed by atoms with Crippen LogP contribution in [0, 0.1) is 0 Å². The number of alkyl halides is 7. The van der Waals surface area contributed by atoms with Gasteiger partial charge in [0.25, 0.3) is 11.5 Å². The lowest BCUT2D eigenvalue weighted by Crippen LogP contribution is -2.61. The fourth-order valence-electron chi connectivity index (χ4n) is 4.78. The third-order valence-corrected chi connectivity index (χ3v) is 7.07. The van der Waals surface area contributed by atoms with Crippen LogP contribution in [0.1, 0.15) is 22.4 Å². The van der Waals surface area contributed by atoms with E-state index in [-0.39, 0.29) is 22.7 Å². The molecule has 1 aromatic heterocycles. The van der Waals surface area contributed by atoms with Crippen molar-refractivity contribution in [2.75, 3.05) is 7.11 Å². The number of pyridine rings is 1. The first-order valence-electron chi connectivity index (χ1n) is 12.9. The van der Waals surface area contributed by atoms with E-state index >= 15 is 0 Å². The van der Waals surface area contributed by atoms with Crippen molar-refractivity contribution in [2.24, 2.45) is 0 Å². The summed E-state index contributed by atoms with van der Waals surface area (Å²) in [5, 5.41) is 2.61. The van der Waals surface area contributed by atoms with Gasteiger partial charge in [0.05, 0.1) is 10.7 Å². The molecule has 0 aliphatic rings. The minimum absolute atomic E-state index is 0.0582. The van der Waals surface area contributed by atoms with Crippen LogP contribution in [0.3, 0.4) is 0 Å². The van der Waals surface area contributed by atoms with Crippen molar-refractivity contribution in [1.82, 2.24) is 10.3 Å². The molecule has 3 aromatic carbocycles. The van der Waals surface area contributed by atoms with Crippen molar-refractivity contribution in [3.05, 3.63) is 131 Å². The van der Waals surface area contributed by atoms with Gasteiger partial charge in [-0.25, -0.2) is 0 Å². The van der Waals surface area contributed by atoms with E-state index in [0.717, 1.165) is 31.4 Å². The Bertz CT molecular complexity index is 1560. The number of rotatable bonds is 11. The van der Waals surface area contributed by atoms with Crippen molar-refractivity contribution in [3.63, 3.8) is 0 Å². The second-order valence-corrected chi connectivity index (χ2v) is 10.1. The lowest BCUT2D eigenvalue weighted by molar-refractivity contribution is -0.266. The lowest BCUT2D eigenvalue weighted by atomic mass is 9.79. The second kappa shape index (κ2) is 12.8. The molecule has 13 heteroatoms. The van der Waals surface area contributed by atoms with Gasteiger partial charge in [0, 0.05) is 25.3 Å². The van der Waals surface area contributed by atoms with E-state index in [0.29, 0.717) is 5.56 Å². The van der Waals surface area contributed by atoms with Gasteiger partial charge in [0.15, 0.2) is 0 Å². The highest BCUT2D eigenvalue weighted by molar-refractivity contribution is 6.30. The van der Waals surface area contributed by atoms with Gasteiger partial charge in [-0.1, -0.05) is 84.4 Å². The molecule has 1 amide bonds. The number of hydrogen-bond acceptors (Lipinski definition) is 4. The van der Waals surface area contributed by atoms with Gasteiger partial charge in [0.1, 0.15) is 11.3 Å². The average molecular weight is 641 g/mol. The van der Waals surface area contributed by atoms with Gasteiger partial charge >= 0.3 is 18.7 Å². The first-order valence-corrected chi connectivity index (χ1v) is 13.2. The number of methoxy groups -OCH3 is 1. The molecular formula is C31H24ClF7N2O3. The molecule has 44 heavy (non-hydrogen) atoms. The number of halogens is 8. The molecule has 1 heterocycles. The molecule has 0 saturated carbocycles. The molecule has 0 unspecified atom stereocenters. The van der Waals surface area contributed by atoms with Gasteiger partial charge in [-0.3, -0.25) is 9.78 Å². The number of benzene rings is 3. The summed E-state index contributed by atoms with van der Waals surface area (Å²) < 4.78 is 108. The topological polar surface area (TPSA) is 60.5 Å². The van der Waals surface area contributed by atoms with Crippen LogP contribution < -0.4 is 10.1 Å². The Morgan fingerprint density at radius 3 is 2.02 bits per heavy atom. The maximum absolute atomic E-state index is 14.9. The summed E-state index contributed by atoms with van der Waals surface area (Å²) in [5.74, 6) is -2.42. The highest BCUT2D eigenvalue weighted by Crippen LogP contribution is 2.44. The SMILES string of the molecule is CO[C@@](C(=O)N[C@](Cc1ccccc1)(c1cccc(OC(F)(F)C(F)F)c1)c1ccc(Cl)cn1)(c1ccccc1)C(F)(F)F. The van der Waals surface area contributed by atoms with E-state index in [1.54, 1.807) is 30.3 Å². The minimum Gasteiger partial charge on any atom is -0.428 e. The van der Waals surface area contributed by atoms with E-state index in [4.69, 9.17) is 16.3 Å². The maximum atomic E-state index is 14.9. The fraction of sp³-hybridized carbons (Fsp3) is 0.226.